The van der Waals surface area contributed by atoms with Crippen molar-refractivity contribution in [1.82, 2.24) is 9.78 Å². The topological polar surface area (TPSA) is 71.8 Å². The number of ether oxygens (including phenoxy) is 4. The minimum atomic E-state index is -0.142. The predicted octanol–water partition coefficient (Wildman–Crippen LogP) is 4.12. The maximum absolute atomic E-state index is 12.3. The molecule has 1 aromatic heterocycles. The molecule has 0 bridgehead atoms. The number of aryl methyl sites for hydroxylation is 1. The van der Waals surface area contributed by atoms with Gasteiger partial charge in [0, 0.05) is 24.4 Å². The number of nitrogens with zero attached hydrogens (tertiary/aromatic N) is 2. The lowest BCUT2D eigenvalue weighted by atomic mass is 10.1. The van der Waals surface area contributed by atoms with Crippen LogP contribution in [-0.2, 0) is 13.2 Å². The smallest absolute Gasteiger partial charge is 0.231 e. The molecule has 2 heterocycles. The van der Waals surface area contributed by atoms with E-state index in [9.17, 15) is 4.79 Å². The normalized spacial score (nSPS) is 12.3. The number of hydrogen-bond acceptors (Lipinski definition) is 6. The second-order valence-corrected chi connectivity index (χ2v) is 6.63. The van der Waals surface area contributed by atoms with Crippen molar-refractivity contribution in [2.45, 2.75) is 20.1 Å². The molecule has 7 heteroatoms. The second-order valence-electron chi connectivity index (χ2n) is 6.63. The first-order valence-electron chi connectivity index (χ1n) is 9.61. The molecule has 0 aliphatic carbocycles. The summed E-state index contributed by atoms with van der Waals surface area (Å²) < 4.78 is 23.8. The maximum Gasteiger partial charge on any atom is 0.231 e. The van der Waals surface area contributed by atoms with Gasteiger partial charge in [-0.1, -0.05) is 12.1 Å². The highest BCUT2D eigenvalue weighted by Crippen LogP contribution is 2.35. The lowest BCUT2D eigenvalue weighted by molar-refractivity contribution is 0.104. The van der Waals surface area contributed by atoms with Gasteiger partial charge >= 0.3 is 0 Å². The van der Waals surface area contributed by atoms with Gasteiger partial charge in [-0.15, -0.1) is 0 Å². The predicted molar refractivity (Wildman–Crippen MR) is 111 cm³/mol. The van der Waals surface area contributed by atoms with Crippen molar-refractivity contribution in [3.05, 3.63) is 71.6 Å². The highest BCUT2D eigenvalue weighted by Gasteiger charge is 2.14. The van der Waals surface area contributed by atoms with E-state index in [4.69, 9.17) is 18.9 Å². The van der Waals surface area contributed by atoms with Crippen molar-refractivity contribution in [2.75, 3.05) is 13.9 Å². The van der Waals surface area contributed by atoms with Gasteiger partial charge in [0.25, 0.3) is 0 Å². The van der Waals surface area contributed by atoms with E-state index in [1.165, 1.54) is 6.08 Å². The number of hydrogen-bond donors (Lipinski definition) is 0. The quantitative estimate of drug-likeness (QED) is 0.414. The number of fused-ring (bicyclic) bond motifs is 1. The van der Waals surface area contributed by atoms with Gasteiger partial charge in [-0.3, -0.25) is 9.48 Å². The molecule has 7 nitrogen and oxygen atoms in total. The second kappa shape index (κ2) is 8.73. The summed E-state index contributed by atoms with van der Waals surface area (Å²) in [5.41, 5.74) is 2.15. The van der Waals surface area contributed by atoms with Gasteiger partial charge in [-0.05, 0) is 48.9 Å². The Balaban J connectivity index is 1.46. The van der Waals surface area contributed by atoms with Crippen LogP contribution in [0.5, 0.6) is 23.0 Å². The van der Waals surface area contributed by atoms with Gasteiger partial charge in [-0.2, -0.15) is 5.10 Å². The Bertz CT molecular complexity index is 1090. The fourth-order valence-corrected chi connectivity index (χ4v) is 3.07. The van der Waals surface area contributed by atoms with E-state index in [0.717, 1.165) is 17.7 Å². The number of ketones is 1. The summed E-state index contributed by atoms with van der Waals surface area (Å²) in [7, 11) is 1.61. The third-order valence-electron chi connectivity index (χ3n) is 4.69. The molecule has 0 saturated heterocycles. The number of carbonyl (C=O) groups is 1. The van der Waals surface area contributed by atoms with Gasteiger partial charge in [0.15, 0.2) is 11.5 Å². The molecule has 0 unspecified atom stereocenters. The van der Waals surface area contributed by atoms with Gasteiger partial charge in [0.1, 0.15) is 23.8 Å². The Morgan fingerprint density at radius 2 is 2.03 bits per heavy atom. The Morgan fingerprint density at radius 3 is 2.83 bits per heavy atom. The molecule has 0 saturated carbocycles. The summed E-state index contributed by atoms with van der Waals surface area (Å²) in [5.74, 6) is 2.61. The van der Waals surface area contributed by atoms with Crippen molar-refractivity contribution < 1.29 is 23.7 Å². The fourth-order valence-electron chi connectivity index (χ4n) is 3.07. The SMILES string of the molecule is CCn1ccc(C(=O)/C=C/c2ccc(OC)c(COc3ccc4c(c3)OCO4)c2)n1. The molecular weight excluding hydrogens is 384 g/mol. The van der Waals surface area contributed by atoms with E-state index in [1.54, 1.807) is 36.2 Å². The summed E-state index contributed by atoms with van der Waals surface area (Å²) in [6, 6.07) is 12.8. The van der Waals surface area contributed by atoms with Crippen molar-refractivity contribution in [3.8, 4) is 23.0 Å². The van der Waals surface area contributed by atoms with E-state index in [2.05, 4.69) is 5.10 Å². The Morgan fingerprint density at radius 1 is 1.17 bits per heavy atom. The van der Waals surface area contributed by atoms with Crippen molar-refractivity contribution >= 4 is 11.9 Å². The molecule has 4 rings (SSSR count). The van der Waals surface area contributed by atoms with Crippen molar-refractivity contribution in [2.24, 2.45) is 0 Å². The molecule has 0 amide bonds. The third kappa shape index (κ3) is 4.30. The standard InChI is InChI=1S/C23H22N2O5/c1-3-25-11-10-19(24-25)20(26)7-4-16-5-8-21(27-2)17(12-16)14-28-18-6-9-22-23(13-18)30-15-29-22/h4-13H,3,14-15H2,1-2H3/b7-4+. The van der Waals surface area contributed by atoms with Crippen LogP contribution >= 0.6 is 0 Å². The summed E-state index contributed by atoms with van der Waals surface area (Å²) in [6.45, 7) is 3.22. The van der Waals surface area contributed by atoms with Crippen LogP contribution in [0.25, 0.3) is 6.08 Å². The average molecular weight is 406 g/mol. The monoisotopic (exact) mass is 406 g/mol. The number of rotatable bonds is 8. The highest BCUT2D eigenvalue weighted by molar-refractivity contribution is 6.05. The maximum atomic E-state index is 12.3. The van der Waals surface area contributed by atoms with Crippen LogP contribution < -0.4 is 18.9 Å². The van der Waals surface area contributed by atoms with Crippen LogP contribution in [0.3, 0.4) is 0 Å². The zero-order valence-electron chi connectivity index (χ0n) is 16.8. The Hall–Kier alpha value is -3.74. The molecule has 0 N–H and O–H groups in total. The Kier molecular flexibility index (Phi) is 5.70. The van der Waals surface area contributed by atoms with E-state index < -0.39 is 0 Å². The molecular formula is C23H22N2O5. The third-order valence-corrected chi connectivity index (χ3v) is 4.69. The number of allylic oxidation sites excluding steroid dienone is 1. The van der Waals surface area contributed by atoms with Crippen LogP contribution in [-0.4, -0.2) is 29.5 Å². The molecule has 1 aliphatic heterocycles. The van der Waals surface area contributed by atoms with E-state index in [0.29, 0.717) is 35.3 Å². The van der Waals surface area contributed by atoms with Crippen LogP contribution in [0.15, 0.2) is 54.7 Å². The highest BCUT2D eigenvalue weighted by atomic mass is 16.7. The molecule has 0 atom stereocenters. The zero-order valence-corrected chi connectivity index (χ0v) is 16.8. The number of aromatic nitrogens is 2. The summed E-state index contributed by atoms with van der Waals surface area (Å²) >= 11 is 0. The summed E-state index contributed by atoms with van der Waals surface area (Å²) in [6.07, 6.45) is 5.07. The van der Waals surface area contributed by atoms with Crippen LogP contribution in [0, 0.1) is 0 Å². The first kappa shape index (κ1) is 19.6. The molecule has 0 spiro atoms. The zero-order chi connectivity index (χ0) is 20.9. The summed E-state index contributed by atoms with van der Waals surface area (Å²) in [5, 5.41) is 4.23. The molecule has 154 valence electrons. The first-order valence-corrected chi connectivity index (χ1v) is 9.61. The lowest BCUT2D eigenvalue weighted by Crippen LogP contribution is -2.00. The van der Waals surface area contributed by atoms with Crippen molar-refractivity contribution in [3.63, 3.8) is 0 Å². The van der Waals surface area contributed by atoms with Gasteiger partial charge in [0.2, 0.25) is 12.6 Å². The minimum absolute atomic E-state index is 0.142. The van der Waals surface area contributed by atoms with Crippen LogP contribution in [0.1, 0.15) is 28.5 Å². The van der Waals surface area contributed by atoms with E-state index in [-0.39, 0.29) is 12.6 Å². The van der Waals surface area contributed by atoms with Crippen LogP contribution in [0.2, 0.25) is 0 Å². The number of carbonyl (C=O) groups excluding carboxylic acids is 1. The molecule has 30 heavy (non-hydrogen) atoms. The molecule has 3 aromatic rings. The Labute approximate surface area is 174 Å². The van der Waals surface area contributed by atoms with Crippen LogP contribution in [0.4, 0.5) is 0 Å². The first-order chi connectivity index (χ1) is 14.7. The van der Waals surface area contributed by atoms with E-state index in [1.807, 2.05) is 37.3 Å². The molecule has 2 aromatic carbocycles. The molecule has 0 radical (unpaired) electrons. The average Bonchev–Trinajstić information content (AvgIpc) is 3.45. The lowest BCUT2D eigenvalue weighted by Gasteiger charge is -2.11. The number of benzene rings is 2. The molecule has 1 aliphatic rings. The number of methoxy groups -OCH3 is 1. The fraction of sp³-hybridized carbons (Fsp3) is 0.217. The van der Waals surface area contributed by atoms with Gasteiger partial charge < -0.3 is 18.9 Å². The molecule has 0 fully saturated rings. The summed E-state index contributed by atoms with van der Waals surface area (Å²) in [4.78, 5) is 12.3. The minimum Gasteiger partial charge on any atom is -0.496 e. The largest absolute Gasteiger partial charge is 0.496 e. The van der Waals surface area contributed by atoms with Crippen molar-refractivity contribution in [1.29, 1.82) is 0 Å². The van der Waals surface area contributed by atoms with Gasteiger partial charge in [0.05, 0.1) is 7.11 Å². The van der Waals surface area contributed by atoms with E-state index >= 15 is 0 Å². The van der Waals surface area contributed by atoms with Gasteiger partial charge in [-0.25, -0.2) is 0 Å².